The molecule has 1 saturated heterocycles. The number of amides is 1. The lowest BCUT2D eigenvalue weighted by molar-refractivity contribution is -0.117. The van der Waals surface area contributed by atoms with E-state index in [2.05, 4.69) is 11.8 Å². The van der Waals surface area contributed by atoms with E-state index in [0.717, 1.165) is 29.4 Å². The molecule has 2 aromatic carbocycles. The van der Waals surface area contributed by atoms with Crippen LogP contribution in [0.3, 0.4) is 0 Å². The number of carbonyl (C=O) groups excluding carboxylic acids is 1. The Kier molecular flexibility index (Phi) is 7.81. The standard InChI is InChI=1S/C25H32FN3O5S/c1-3-11-28(14-18-5-4-6-18)15-20-12-22(26)25(29-16-24(30)27-35(29,31)32)23(13-20)34-17-19-7-9-21(33-2)10-8-19/h7-10,12-13,18H,3-6,11,14-17H2,1-2H3,(H,27,30). The molecule has 1 saturated carbocycles. The van der Waals surface area contributed by atoms with Crippen molar-refractivity contribution >= 4 is 21.8 Å². The van der Waals surface area contributed by atoms with Crippen molar-refractivity contribution < 1.29 is 27.1 Å². The lowest BCUT2D eigenvalue weighted by atomic mass is 9.85. The highest BCUT2D eigenvalue weighted by Crippen LogP contribution is 2.37. The fraction of sp³-hybridized carbons (Fsp3) is 0.480. The molecule has 0 atom stereocenters. The van der Waals surface area contributed by atoms with E-state index in [1.807, 2.05) is 16.9 Å². The van der Waals surface area contributed by atoms with Crippen molar-refractivity contribution in [2.75, 3.05) is 31.0 Å². The topological polar surface area (TPSA) is 88.2 Å². The number of hydrogen-bond acceptors (Lipinski definition) is 6. The Bertz CT molecular complexity index is 1150. The zero-order chi connectivity index (χ0) is 25.0. The van der Waals surface area contributed by atoms with Crippen LogP contribution in [0.1, 0.15) is 43.7 Å². The van der Waals surface area contributed by atoms with Gasteiger partial charge in [-0.05, 0) is 67.1 Å². The number of methoxy groups -OCH3 is 1. The van der Waals surface area contributed by atoms with Crippen LogP contribution < -0.4 is 18.5 Å². The number of halogens is 1. The minimum atomic E-state index is -4.20. The van der Waals surface area contributed by atoms with Crippen molar-refractivity contribution in [2.24, 2.45) is 5.92 Å². The van der Waals surface area contributed by atoms with E-state index in [4.69, 9.17) is 9.47 Å². The van der Waals surface area contributed by atoms with Crippen molar-refractivity contribution in [3.8, 4) is 11.5 Å². The molecule has 0 bridgehead atoms. The summed E-state index contributed by atoms with van der Waals surface area (Å²) < 4.78 is 54.2. The Labute approximate surface area is 206 Å². The van der Waals surface area contributed by atoms with Crippen molar-refractivity contribution in [3.05, 3.63) is 53.3 Å². The van der Waals surface area contributed by atoms with Gasteiger partial charge in [0.2, 0.25) is 0 Å². The SMILES string of the molecule is CCCN(Cc1cc(F)c(N2CC(=O)NS2(=O)=O)c(OCc2ccc(OC)cc2)c1)CC1CCC1. The minimum Gasteiger partial charge on any atom is -0.497 e. The summed E-state index contributed by atoms with van der Waals surface area (Å²) in [5.74, 6) is -0.0198. The van der Waals surface area contributed by atoms with Gasteiger partial charge < -0.3 is 9.47 Å². The van der Waals surface area contributed by atoms with Crippen molar-refractivity contribution in [1.82, 2.24) is 9.62 Å². The summed E-state index contributed by atoms with van der Waals surface area (Å²) in [4.78, 5) is 14.1. The Morgan fingerprint density at radius 2 is 1.91 bits per heavy atom. The average molecular weight is 506 g/mol. The van der Waals surface area contributed by atoms with Gasteiger partial charge in [0.15, 0.2) is 5.82 Å². The van der Waals surface area contributed by atoms with Crippen molar-refractivity contribution in [2.45, 2.75) is 45.8 Å². The quantitative estimate of drug-likeness (QED) is 0.502. The molecule has 10 heteroatoms. The molecule has 0 spiro atoms. The van der Waals surface area contributed by atoms with Gasteiger partial charge in [-0.25, -0.2) is 13.4 Å². The fourth-order valence-electron chi connectivity index (χ4n) is 4.45. The molecule has 0 aromatic heterocycles. The summed E-state index contributed by atoms with van der Waals surface area (Å²) in [6.45, 7) is 4.09. The third kappa shape index (κ3) is 6.05. The van der Waals surface area contributed by atoms with Gasteiger partial charge in [0.25, 0.3) is 5.91 Å². The van der Waals surface area contributed by atoms with Crippen LogP contribution in [-0.4, -0.2) is 46.0 Å². The number of hydrogen-bond donors (Lipinski definition) is 1. The first-order valence-corrected chi connectivity index (χ1v) is 13.4. The molecule has 0 radical (unpaired) electrons. The average Bonchev–Trinajstić information content (AvgIpc) is 3.06. The molecular formula is C25H32FN3O5S. The lowest BCUT2D eigenvalue weighted by Gasteiger charge is -2.32. The number of benzene rings is 2. The second-order valence-electron chi connectivity index (χ2n) is 9.13. The third-order valence-electron chi connectivity index (χ3n) is 6.40. The van der Waals surface area contributed by atoms with Gasteiger partial charge in [-0.15, -0.1) is 0 Å². The van der Waals surface area contributed by atoms with Crippen molar-refractivity contribution in [3.63, 3.8) is 0 Å². The van der Waals surface area contributed by atoms with E-state index >= 15 is 4.39 Å². The normalized spacial score (nSPS) is 17.4. The maximum Gasteiger partial charge on any atom is 0.326 e. The minimum absolute atomic E-state index is 0.0796. The molecule has 1 amide bonds. The van der Waals surface area contributed by atoms with Crippen LogP contribution >= 0.6 is 0 Å². The summed E-state index contributed by atoms with van der Waals surface area (Å²) in [5, 5.41) is 0. The van der Waals surface area contributed by atoms with E-state index in [9.17, 15) is 13.2 Å². The van der Waals surface area contributed by atoms with Crippen LogP contribution in [0.15, 0.2) is 36.4 Å². The Hall–Kier alpha value is -2.85. The van der Waals surface area contributed by atoms with Crippen LogP contribution in [0.5, 0.6) is 11.5 Å². The second kappa shape index (κ2) is 10.8. The molecular weight excluding hydrogens is 473 g/mol. The van der Waals surface area contributed by atoms with Gasteiger partial charge in [0.1, 0.15) is 30.3 Å². The predicted octanol–water partition coefficient (Wildman–Crippen LogP) is 3.61. The highest BCUT2D eigenvalue weighted by Gasteiger charge is 2.38. The molecule has 35 heavy (non-hydrogen) atoms. The van der Waals surface area contributed by atoms with Gasteiger partial charge in [-0.3, -0.25) is 9.69 Å². The molecule has 0 unspecified atom stereocenters. The Balaban J connectivity index is 1.63. The molecule has 1 heterocycles. The maximum absolute atomic E-state index is 15.5. The number of ether oxygens (including phenoxy) is 2. The maximum atomic E-state index is 15.5. The van der Waals surface area contributed by atoms with E-state index < -0.39 is 28.5 Å². The van der Waals surface area contributed by atoms with Gasteiger partial charge in [-0.1, -0.05) is 25.5 Å². The predicted molar refractivity (Wildman–Crippen MR) is 131 cm³/mol. The summed E-state index contributed by atoms with van der Waals surface area (Å²) in [6, 6.07) is 10.2. The molecule has 2 aliphatic rings. The Morgan fingerprint density at radius 3 is 2.49 bits per heavy atom. The molecule has 1 aliphatic carbocycles. The van der Waals surface area contributed by atoms with Gasteiger partial charge in [-0.2, -0.15) is 8.42 Å². The van der Waals surface area contributed by atoms with Gasteiger partial charge in [0, 0.05) is 13.1 Å². The number of carbonyl (C=O) groups is 1. The first kappa shape index (κ1) is 25.2. The molecule has 4 rings (SSSR count). The molecule has 190 valence electrons. The highest BCUT2D eigenvalue weighted by molar-refractivity contribution is 7.92. The number of nitrogens with zero attached hydrogens (tertiary/aromatic N) is 2. The zero-order valence-corrected chi connectivity index (χ0v) is 20.9. The van der Waals surface area contributed by atoms with E-state index in [1.165, 1.54) is 25.3 Å². The summed E-state index contributed by atoms with van der Waals surface area (Å²) in [6.07, 6.45) is 4.68. The molecule has 1 aliphatic heterocycles. The van der Waals surface area contributed by atoms with Crippen molar-refractivity contribution in [1.29, 1.82) is 0 Å². The van der Waals surface area contributed by atoms with E-state index in [1.54, 1.807) is 25.3 Å². The fourth-order valence-corrected chi connectivity index (χ4v) is 5.62. The monoisotopic (exact) mass is 505 g/mol. The van der Waals surface area contributed by atoms with Crippen LogP contribution in [-0.2, 0) is 28.2 Å². The van der Waals surface area contributed by atoms with Crippen LogP contribution in [0.4, 0.5) is 10.1 Å². The van der Waals surface area contributed by atoms with Gasteiger partial charge >= 0.3 is 10.2 Å². The third-order valence-corrected chi connectivity index (χ3v) is 7.78. The molecule has 1 N–H and O–H groups in total. The number of anilines is 1. The highest BCUT2D eigenvalue weighted by atomic mass is 32.2. The smallest absolute Gasteiger partial charge is 0.326 e. The number of nitrogens with one attached hydrogen (secondary N) is 1. The van der Waals surface area contributed by atoms with Crippen LogP contribution in [0.2, 0.25) is 0 Å². The summed E-state index contributed by atoms with van der Waals surface area (Å²) in [5.41, 5.74) is 1.24. The summed E-state index contributed by atoms with van der Waals surface area (Å²) in [7, 11) is -2.62. The lowest BCUT2D eigenvalue weighted by Crippen LogP contribution is -2.33. The van der Waals surface area contributed by atoms with Crippen LogP contribution in [0, 0.1) is 11.7 Å². The molecule has 2 aromatic rings. The van der Waals surface area contributed by atoms with Gasteiger partial charge in [0.05, 0.1) is 7.11 Å². The summed E-state index contributed by atoms with van der Waals surface area (Å²) >= 11 is 0. The first-order chi connectivity index (χ1) is 16.8. The first-order valence-electron chi connectivity index (χ1n) is 11.9. The van der Waals surface area contributed by atoms with E-state index in [-0.39, 0.29) is 18.0 Å². The number of rotatable bonds is 11. The van der Waals surface area contributed by atoms with E-state index in [0.29, 0.717) is 23.8 Å². The Morgan fingerprint density at radius 1 is 1.17 bits per heavy atom. The molecule has 2 fully saturated rings. The largest absolute Gasteiger partial charge is 0.497 e. The van der Waals surface area contributed by atoms with Crippen LogP contribution in [0.25, 0.3) is 0 Å². The molecule has 8 nitrogen and oxygen atoms in total. The second-order valence-corrected chi connectivity index (χ2v) is 10.7. The zero-order valence-electron chi connectivity index (χ0n) is 20.1.